The van der Waals surface area contributed by atoms with Crippen molar-refractivity contribution < 1.29 is 33.2 Å². The van der Waals surface area contributed by atoms with Gasteiger partial charge < -0.3 is 30.0 Å². The molecule has 3 rings (SSSR count). The predicted octanol–water partition coefficient (Wildman–Crippen LogP) is 2.78. The first-order chi connectivity index (χ1) is 20.6. The van der Waals surface area contributed by atoms with Gasteiger partial charge >= 0.3 is 13.1 Å². The molecule has 238 valence electrons. The molecule has 0 unspecified atom stereocenters. The molecule has 0 saturated carbocycles. The van der Waals surface area contributed by atoms with Crippen LogP contribution >= 0.6 is 0 Å². The van der Waals surface area contributed by atoms with Gasteiger partial charge in [-0.15, -0.1) is 0 Å². The molecule has 0 radical (unpaired) electrons. The van der Waals surface area contributed by atoms with E-state index in [1.165, 1.54) is 7.11 Å². The molecule has 0 aliphatic carbocycles. The number of esters is 1. The Hall–Kier alpha value is -3.70. The van der Waals surface area contributed by atoms with Crippen molar-refractivity contribution in [1.82, 2.24) is 16.0 Å². The number of rotatable bonds is 12. The molecule has 0 spiro atoms. The molecular weight excluding hydrogens is 561 g/mol. The Bertz CT molecular complexity index is 1300. The zero-order valence-corrected chi connectivity index (χ0v) is 27.2. The van der Waals surface area contributed by atoms with Gasteiger partial charge in [0, 0.05) is 12.0 Å². The third kappa shape index (κ3) is 8.48. The van der Waals surface area contributed by atoms with E-state index in [-0.39, 0.29) is 18.3 Å². The summed E-state index contributed by atoms with van der Waals surface area (Å²) in [4.78, 5) is 52.6. The van der Waals surface area contributed by atoms with Crippen LogP contribution in [0.5, 0.6) is 0 Å². The van der Waals surface area contributed by atoms with Gasteiger partial charge in [-0.05, 0) is 62.7 Å². The molecule has 1 fully saturated rings. The average molecular weight is 608 g/mol. The molecule has 1 saturated heterocycles. The van der Waals surface area contributed by atoms with Gasteiger partial charge in [-0.1, -0.05) is 70.2 Å². The fraction of sp³-hybridized carbons (Fsp3) is 0.515. The minimum absolute atomic E-state index is 0.184. The smallest absolute Gasteiger partial charge is 0.467 e. The molecule has 3 N–H and O–H groups in total. The zero-order valence-electron chi connectivity index (χ0n) is 27.2. The summed E-state index contributed by atoms with van der Waals surface area (Å²) < 4.78 is 17.1. The van der Waals surface area contributed by atoms with Gasteiger partial charge in [0.15, 0.2) is 0 Å². The van der Waals surface area contributed by atoms with Crippen LogP contribution in [0, 0.1) is 11.8 Å². The van der Waals surface area contributed by atoms with E-state index < -0.39 is 60.1 Å². The lowest BCUT2D eigenvalue weighted by Gasteiger charge is -2.32. The normalized spacial score (nSPS) is 17.5. The van der Waals surface area contributed by atoms with Crippen LogP contribution < -0.4 is 21.4 Å². The van der Waals surface area contributed by atoms with Gasteiger partial charge in [0.2, 0.25) is 11.8 Å². The van der Waals surface area contributed by atoms with Crippen molar-refractivity contribution in [2.45, 2.75) is 91.1 Å². The molecule has 11 heteroatoms. The second kappa shape index (κ2) is 14.4. The highest BCUT2D eigenvalue weighted by atomic mass is 16.7. The van der Waals surface area contributed by atoms with Gasteiger partial charge in [0.05, 0.1) is 18.3 Å². The van der Waals surface area contributed by atoms with Crippen LogP contribution in [0.15, 0.2) is 54.6 Å². The number of nitrogens with one attached hydrogen (secondary N) is 3. The molecule has 10 nitrogen and oxygen atoms in total. The Morgan fingerprint density at radius 1 is 0.750 bits per heavy atom. The maximum absolute atomic E-state index is 13.6. The summed E-state index contributed by atoms with van der Waals surface area (Å²) in [5.41, 5.74) is 0.977. The lowest BCUT2D eigenvalue weighted by molar-refractivity contribution is -0.146. The van der Waals surface area contributed by atoms with E-state index in [0.717, 1.165) is 11.0 Å². The quantitative estimate of drug-likeness (QED) is 0.250. The molecule has 3 atom stereocenters. The number of hydrogen-bond donors (Lipinski definition) is 3. The van der Waals surface area contributed by atoms with Gasteiger partial charge in [0.25, 0.3) is 5.91 Å². The molecule has 1 heterocycles. The van der Waals surface area contributed by atoms with Gasteiger partial charge in [-0.2, -0.15) is 0 Å². The van der Waals surface area contributed by atoms with Crippen LogP contribution in [0.4, 0.5) is 0 Å². The van der Waals surface area contributed by atoms with Crippen molar-refractivity contribution in [1.29, 1.82) is 0 Å². The molecule has 44 heavy (non-hydrogen) atoms. The number of carbonyl (C=O) groups excluding carboxylic acids is 4. The van der Waals surface area contributed by atoms with Gasteiger partial charge in [-0.25, -0.2) is 4.79 Å². The van der Waals surface area contributed by atoms with Gasteiger partial charge in [0.1, 0.15) is 18.1 Å². The summed E-state index contributed by atoms with van der Waals surface area (Å²) in [5.74, 6) is -2.58. The van der Waals surface area contributed by atoms with Crippen LogP contribution in [0.1, 0.15) is 71.3 Å². The van der Waals surface area contributed by atoms with Crippen LogP contribution in [-0.2, 0) is 34.9 Å². The minimum Gasteiger partial charge on any atom is -0.467 e. The SMILES string of the molecule is COC(=O)[C@@H](NC(=O)[C@H](Cc1ccccc1)NC(=O)[C@@H](NC(=O)c1ccc(B2OC(C)(C)C(C)(C)O2)cc1)C(C)C)C(C)C. The molecule has 1 aliphatic heterocycles. The molecule has 0 bridgehead atoms. The molecule has 2 aromatic rings. The fourth-order valence-electron chi connectivity index (χ4n) is 4.73. The van der Waals surface area contributed by atoms with E-state index in [1.54, 1.807) is 38.1 Å². The van der Waals surface area contributed by atoms with E-state index >= 15 is 0 Å². The molecular formula is C33H46BN3O7. The Morgan fingerprint density at radius 3 is 1.80 bits per heavy atom. The van der Waals surface area contributed by atoms with Gasteiger partial charge in [-0.3, -0.25) is 14.4 Å². The van der Waals surface area contributed by atoms with Crippen LogP contribution in [0.2, 0.25) is 0 Å². The standard InChI is InChI=1S/C33H46BN3O7/c1-20(2)26(36-28(38)23-15-17-24(18-16-23)34-43-32(5,6)33(7,8)44-34)30(40)35-25(19-22-13-11-10-12-14-22)29(39)37-27(21(3)4)31(41)42-9/h10-18,20-21,25-27H,19H2,1-9H3,(H,35,40)(H,36,38)(H,37,39)/t25-,26-,27-/m0/s1. The van der Waals surface area contributed by atoms with E-state index in [4.69, 9.17) is 14.0 Å². The summed E-state index contributed by atoms with van der Waals surface area (Å²) in [5, 5.41) is 8.37. The number of hydrogen-bond acceptors (Lipinski definition) is 7. The van der Waals surface area contributed by atoms with Crippen LogP contribution in [0.25, 0.3) is 0 Å². The molecule has 1 aliphatic rings. The average Bonchev–Trinajstić information content (AvgIpc) is 3.19. The first-order valence-corrected chi connectivity index (χ1v) is 15.0. The third-order valence-electron chi connectivity index (χ3n) is 8.27. The number of methoxy groups -OCH3 is 1. The topological polar surface area (TPSA) is 132 Å². The summed E-state index contributed by atoms with van der Waals surface area (Å²) in [7, 11) is 0.697. The van der Waals surface area contributed by atoms with Crippen molar-refractivity contribution in [3.05, 3.63) is 65.7 Å². The zero-order chi connectivity index (χ0) is 32.8. The maximum Gasteiger partial charge on any atom is 0.494 e. The lowest BCUT2D eigenvalue weighted by Crippen LogP contribution is -2.58. The highest BCUT2D eigenvalue weighted by Gasteiger charge is 2.51. The summed E-state index contributed by atoms with van der Waals surface area (Å²) >= 11 is 0. The minimum atomic E-state index is -1.01. The number of amides is 3. The highest BCUT2D eigenvalue weighted by molar-refractivity contribution is 6.62. The molecule has 3 amide bonds. The first-order valence-electron chi connectivity index (χ1n) is 15.0. The second-order valence-corrected chi connectivity index (χ2v) is 12.9. The Morgan fingerprint density at radius 2 is 1.30 bits per heavy atom. The van der Waals surface area contributed by atoms with E-state index in [0.29, 0.717) is 5.56 Å². The predicted molar refractivity (Wildman–Crippen MR) is 169 cm³/mol. The second-order valence-electron chi connectivity index (χ2n) is 12.9. The first kappa shape index (κ1) is 34.8. The maximum atomic E-state index is 13.6. The lowest BCUT2D eigenvalue weighted by atomic mass is 9.79. The summed E-state index contributed by atoms with van der Waals surface area (Å²) in [6.07, 6.45) is 0.184. The van der Waals surface area contributed by atoms with Crippen molar-refractivity contribution >= 4 is 36.3 Å². The number of benzene rings is 2. The Labute approximate surface area is 261 Å². The van der Waals surface area contributed by atoms with Crippen LogP contribution in [-0.4, -0.2) is 67.2 Å². The van der Waals surface area contributed by atoms with E-state index in [9.17, 15) is 19.2 Å². The van der Waals surface area contributed by atoms with Crippen LogP contribution in [0.3, 0.4) is 0 Å². The summed E-state index contributed by atoms with van der Waals surface area (Å²) in [6, 6.07) is 13.3. The van der Waals surface area contributed by atoms with Crippen molar-refractivity contribution in [3.63, 3.8) is 0 Å². The monoisotopic (exact) mass is 607 g/mol. The Kier molecular flexibility index (Phi) is 11.4. The molecule has 2 aromatic carbocycles. The molecule has 0 aromatic heterocycles. The van der Waals surface area contributed by atoms with Crippen molar-refractivity contribution in [2.24, 2.45) is 11.8 Å². The third-order valence-corrected chi connectivity index (χ3v) is 8.27. The number of carbonyl (C=O) groups is 4. The van der Waals surface area contributed by atoms with E-state index in [1.807, 2.05) is 71.9 Å². The highest BCUT2D eigenvalue weighted by Crippen LogP contribution is 2.36. The largest absolute Gasteiger partial charge is 0.494 e. The van der Waals surface area contributed by atoms with Crippen molar-refractivity contribution in [3.8, 4) is 0 Å². The number of ether oxygens (including phenoxy) is 1. The van der Waals surface area contributed by atoms with E-state index in [2.05, 4.69) is 16.0 Å². The Balaban J connectivity index is 1.75. The summed E-state index contributed by atoms with van der Waals surface area (Å²) in [6.45, 7) is 15.1. The van der Waals surface area contributed by atoms with Crippen molar-refractivity contribution in [2.75, 3.05) is 7.11 Å². The fourth-order valence-corrected chi connectivity index (χ4v) is 4.73.